The average Bonchev–Trinajstić information content (AvgIpc) is 2.39. The van der Waals surface area contributed by atoms with Crippen LogP contribution in [-0.4, -0.2) is 38.1 Å². The van der Waals surface area contributed by atoms with Crippen molar-refractivity contribution in [1.82, 2.24) is 5.32 Å². The molecule has 0 saturated heterocycles. The second-order valence-corrected chi connectivity index (χ2v) is 3.50. The van der Waals surface area contributed by atoms with Gasteiger partial charge in [-0.05, 0) is 18.9 Å². The first kappa shape index (κ1) is 16.1. The Hall–Kier alpha value is -1.85. The molecule has 0 rings (SSSR count). The van der Waals surface area contributed by atoms with E-state index in [1.54, 1.807) is 0 Å². The predicted octanol–water partition coefficient (Wildman–Crippen LogP) is 0.565. The summed E-state index contributed by atoms with van der Waals surface area (Å²) in [4.78, 5) is 32.7. The minimum atomic E-state index is -0.431. The largest absolute Gasteiger partial charge is 0.469 e. The van der Waals surface area contributed by atoms with Crippen LogP contribution in [0.3, 0.4) is 0 Å². The zero-order chi connectivity index (χ0) is 13.8. The van der Waals surface area contributed by atoms with E-state index in [4.69, 9.17) is 4.74 Å². The Bertz CT molecular complexity index is 301. The van der Waals surface area contributed by atoms with Crippen molar-refractivity contribution in [2.45, 2.75) is 25.7 Å². The van der Waals surface area contributed by atoms with Gasteiger partial charge in [-0.2, -0.15) is 0 Å². The number of esters is 2. The highest BCUT2D eigenvalue weighted by molar-refractivity contribution is 5.86. The molecule has 0 aromatic heterocycles. The predicted molar refractivity (Wildman–Crippen MR) is 64.6 cm³/mol. The number of amides is 1. The van der Waals surface area contributed by atoms with Gasteiger partial charge in [-0.25, -0.2) is 0 Å². The quantitative estimate of drug-likeness (QED) is 0.371. The molecular formula is C12H19NO5. The molecule has 0 heterocycles. The van der Waals surface area contributed by atoms with Crippen molar-refractivity contribution in [2.75, 3.05) is 20.3 Å². The Morgan fingerprint density at radius 1 is 1.17 bits per heavy atom. The van der Waals surface area contributed by atoms with Gasteiger partial charge in [0.15, 0.2) is 0 Å². The number of nitrogens with one attached hydrogen (secondary N) is 1. The molecule has 0 aromatic rings. The van der Waals surface area contributed by atoms with Gasteiger partial charge in [-0.3, -0.25) is 14.4 Å². The summed E-state index contributed by atoms with van der Waals surface area (Å²) in [5.74, 6) is -1.07. The number of hydrogen-bond acceptors (Lipinski definition) is 5. The minimum Gasteiger partial charge on any atom is -0.469 e. The second-order valence-electron chi connectivity index (χ2n) is 3.50. The molecule has 0 spiro atoms. The zero-order valence-electron chi connectivity index (χ0n) is 10.6. The molecule has 0 radical (unpaired) electrons. The molecular weight excluding hydrogens is 238 g/mol. The van der Waals surface area contributed by atoms with Crippen molar-refractivity contribution in [2.24, 2.45) is 0 Å². The number of methoxy groups -OCH3 is 1. The third kappa shape index (κ3) is 9.38. The van der Waals surface area contributed by atoms with Gasteiger partial charge in [0.1, 0.15) is 0 Å². The molecule has 0 unspecified atom stereocenters. The molecule has 0 atom stereocenters. The molecule has 0 aliphatic rings. The highest BCUT2D eigenvalue weighted by Crippen LogP contribution is 1.97. The van der Waals surface area contributed by atoms with E-state index in [1.165, 1.54) is 13.2 Å². The van der Waals surface area contributed by atoms with Gasteiger partial charge in [0, 0.05) is 6.54 Å². The van der Waals surface area contributed by atoms with E-state index in [0.717, 1.165) is 0 Å². The fourth-order valence-corrected chi connectivity index (χ4v) is 1.08. The van der Waals surface area contributed by atoms with Crippen LogP contribution in [0.15, 0.2) is 12.7 Å². The van der Waals surface area contributed by atoms with E-state index in [-0.39, 0.29) is 25.4 Å². The molecule has 1 N–H and O–H groups in total. The Labute approximate surface area is 106 Å². The number of rotatable bonds is 9. The molecule has 0 aliphatic carbocycles. The van der Waals surface area contributed by atoms with Crippen molar-refractivity contribution in [3.05, 3.63) is 12.7 Å². The molecule has 0 fully saturated rings. The fraction of sp³-hybridized carbons (Fsp3) is 0.583. The van der Waals surface area contributed by atoms with Crippen LogP contribution in [0.25, 0.3) is 0 Å². The number of carbonyl (C=O) groups excluding carboxylic acids is 3. The van der Waals surface area contributed by atoms with Gasteiger partial charge in [0.2, 0.25) is 5.91 Å². The third-order valence-corrected chi connectivity index (χ3v) is 2.08. The smallest absolute Gasteiger partial charge is 0.306 e. The van der Waals surface area contributed by atoms with Crippen molar-refractivity contribution < 1.29 is 23.9 Å². The lowest BCUT2D eigenvalue weighted by Crippen LogP contribution is -2.22. The lowest BCUT2D eigenvalue weighted by Gasteiger charge is -2.05. The van der Waals surface area contributed by atoms with Crippen LogP contribution in [0.4, 0.5) is 0 Å². The van der Waals surface area contributed by atoms with Crippen LogP contribution in [0.1, 0.15) is 25.7 Å². The Balaban J connectivity index is 3.38. The average molecular weight is 257 g/mol. The van der Waals surface area contributed by atoms with Gasteiger partial charge >= 0.3 is 11.9 Å². The van der Waals surface area contributed by atoms with Crippen LogP contribution in [0, 0.1) is 0 Å². The molecule has 102 valence electrons. The summed E-state index contributed by atoms with van der Waals surface area (Å²) in [7, 11) is 1.27. The first-order chi connectivity index (χ1) is 8.60. The SMILES string of the molecule is C=CC(=O)NCCCCOC(=O)CCC(=O)OC. The lowest BCUT2D eigenvalue weighted by molar-refractivity contribution is -0.149. The second kappa shape index (κ2) is 10.3. The highest BCUT2D eigenvalue weighted by atomic mass is 16.5. The van der Waals surface area contributed by atoms with Crippen LogP contribution >= 0.6 is 0 Å². The number of ether oxygens (including phenoxy) is 2. The number of hydrogen-bond donors (Lipinski definition) is 1. The molecule has 6 heteroatoms. The van der Waals surface area contributed by atoms with E-state index >= 15 is 0 Å². The topological polar surface area (TPSA) is 81.7 Å². The van der Waals surface area contributed by atoms with Crippen molar-refractivity contribution in [3.63, 3.8) is 0 Å². The number of unbranched alkanes of at least 4 members (excludes halogenated alkanes) is 1. The van der Waals surface area contributed by atoms with Gasteiger partial charge in [-0.15, -0.1) is 0 Å². The van der Waals surface area contributed by atoms with Crippen LogP contribution in [0.5, 0.6) is 0 Å². The molecule has 0 bridgehead atoms. The third-order valence-electron chi connectivity index (χ3n) is 2.08. The summed E-state index contributed by atoms with van der Waals surface area (Å²) < 4.78 is 9.29. The summed E-state index contributed by atoms with van der Waals surface area (Å²) in [6.07, 6.45) is 2.63. The molecule has 0 aliphatic heterocycles. The first-order valence-corrected chi connectivity index (χ1v) is 5.73. The van der Waals surface area contributed by atoms with Crippen LogP contribution < -0.4 is 5.32 Å². The van der Waals surface area contributed by atoms with Crippen LogP contribution in [-0.2, 0) is 23.9 Å². The first-order valence-electron chi connectivity index (χ1n) is 5.73. The minimum absolute atomic E-state index is 0.0277. The molecule has 18 heavy (non-hydrogen) atoms. The van der Waals surface area contributed by atoms with Gasteiger partial charge < -0.3 is 14.8 Å². The van der Waals surface area contributed by atoms with Crippen molar-refractivity contribution in [3.8, 4) is 0 Å². The van der Waals surface area contributed by atoms with E-state index in [9.17, 15) is 14.4 Å². The highest BCUT2D eigenvalue weighted by Gasteiger charge is 2.07. The van der Waals surface area contributed by atoms with E-state index in [2.05, 4.69) is 16.6 Å². The lowest BCUT2D eigenvalue weighted by atomic mass is 10.3. The maximum absolute atomic E-state index is 11.1. The summed E-state index contributed by atoms with van der Waals surface area (Å²) in [6.45, 7) is 4.12. The summed E-state index contributed by atoms with van der Waals surface area (Å²) in [6, 6.07) is 0. The normalized spacial score (nSPS) is 9.39. The maximum Gasteiger partial charge on any atom is 0.306 e. The summed E-state index contributed by atoms with van der Waals surface area (Å²) in [5.41, 5.74) is 0. The van der Waals surface area contributed by atoms with Crippen molar-refractivity contribution in [1.29, 1.82) is 0 Å². The molecule has 6 nitrogen and oxygen atoms in total. The van der Waals surface area contributed by atoms with E-state index in [1.807, 2.05) is 0 Å². The zero-order valence-corrected chi connectivity index (χ0v) is 10.6. The monoisotopic (exact) mass is 257 g/mol. The Morgan fingerprint density at radius 3 is 2.44 bits per heavy atom. The van der Waals surface area contributed by atoms with Gasteiger partial charge in [0.25, 0.3) is 0 Å². The Kier molecular flexibility index (Phi) is 9.25. The fourth-order valence-electron chi connectivity index (χ4n) is 1.08. The maximum atomic E-state index is 11.1. The molecule has 0 aromatic carbocycles. The van der Waals surface area contributed by atoms with Gasteiger partial charge in [-0.1, -0.05) is 6.58 Å². The summed E-state index contributed by atoms with van der Waals surface area (Å²) >= 11 is 0. The molecule has 1 amide bonds. The molecule has 0 saturated carbocycles. The number of carbonyl (C=O) groups is 3. The van der Waals surface area contributed by atoms with Crippen LogP contribution in [0.2, 0.25) is 0 Å². The van der Waals surface area contributed by atoms with E-state index in [0.29, 0.717) is 19.4 Å². The summed E-state index contributed by atoms with van der Waals surface area (Å²) in [5, 5.41) is 2.61. The van der Waals surface area contributed by atoms with E-state index < -0.39 is 11.9 Å². The van der Waals surface area contributed by atoms with Crippen molar-refractivity contribution >= 4 is 17.8 Å². The van der Waals surface area contributed by atoms with Gasteiger partial charge in [0.05, 0.1) is 26.6 Å². The standard InChI is InChI=1S/C12H19NO5/c1-3-10(14)13-8-4-5-9-18-12(16)7-6-11(15)17-2/h3H,1,4-9H2,2H3,(H,13,14). The Morgan fingerprint density at radius 2 is 1.83 bits per heavy atom.